The third-order valence-corrected chi connectivity index (χ3v) is 2.77. The Balaban J connectivity index is 2.11. The lowest BCUT2D eigenvalue weighted by Gasteiger charge is -2.27. The Hall–Kier alpha value is -0.340. The standard InChI is InChI=1S/C11H21NO/c1-2-3-8-12-9-10-6-4-5-7-11(10)13/h2-3,10-13H,4-9H2,1H3/b3-2+. The summed E-state index contributed by atoms with van der Waals surface area (Å²) < 4.78 is 0. The molecule has 1 fully saturated rings. The second-order valence-corrected chi connectivity index (χ2v) is 3.84. The van der Waals surface area contributed by atoms with Crippen LogP contribution < -0.4 is 5.32 Å². The predicted octanol–water partition coefficient (Wildman–Crippen LogP) is 1.70. The highest BCUT2D eigenvalue weighted by Crippen LogP contribution is 2.23. The molecule has 13 heavy (non-hydrogen) atoms. The number of aliphatic hydroxyl groups excluding tert-OH is 1. The molecule has 0 amide bonds. The number of rotatable bonds is 4. The topological polar surface area (TPSA) is 32.3 Å². The number of hydrogen-bond donors (Lipinski definition) is 2. The highest BCUT2D eigenvalue weighted by Gasteiger charge is 2.21. The molecule has 1 aliphatic carbocycles. The Morgan fingerprint density at radius 2 is 2.15 bits per heavy atom. The quantitative estimate of drug-likeness (QED) is 0.513. The van der Waals surface area contributed by atoms with Crippen molar-refractivity contribution in [1.29, 1.82) is 0 Å². The van der Waals surface area contributed by atoms with E-state index in [0.717, 1.165) is 19.5 Å². The number of nitrogens with one attached hydrogen (secondary N) is 1. The summed E-state index contributed by atoms with van der Waals surface area (Å²) in [7, 11) is 0. The lowest BCUT2D eigenvalue weighted by molar-refractivity contribution is 0.0702. The van der Waals surface area contributed by atoms with Gasteiger partial charge in [0.2, 0.25) is 0 Å². The molecule has 0 spiro atoms. The molecule has 0 aromatic heterocycles. The van der Waals surface area contributed by atoms with Gasteiger partial charge in [-0.05, 0) is 25.7 Å². The van der Waals surface area contributed by atoms with Crippen LogP contribution in [-0.4, -0.2) is 24.3 Å². The van der Waals surface area contributed by atoms with Crippen LogP contribution in [-0.2, 0) is 0 Å². The van der Waals surface area contributed by atoms with E-state index in [1.54, 1.807) is 0 Å². The van der Waals surface area contributed by atoms with Crippen molar-refractivity contribution < 1.29 is 5.11 Å². The molecule has 0 aromatic carbocycles. The summed E-state index contributed by atoms with van der Waals surface area (Å²) in [5, 5.41) is 13.0. The fraction of sp³-hybridized carbons (Fsp3) is 0.818. The molecule has 0 heterocycles. The molecular weight excluding hydrogens is 162 g/mol. The first-order chi connectivity index (χ1) is 6.34. The van der Waals surface area contributed by atoms with Crippen molar-refractivity contribution >= 4 is 0 Å². The van der Waals surface area contributed by atoms with Gasteiger partial charge in [0.1, 0.15) is 0 Å². The van der Waals surface area contributed by atoms with Crippen LogP contribution in [0.15, 0.2) is 12.2 Å². The van der Waals surface area contributed by atoms with Crippen LogP contribution >= 0.6 is 0 Å². The van der Waals surface area contributed by atoms with Crippen molar-refractivity contribution in [2.24, 2.45) is 5.92 Å². The van der Waals surface area contributed by atoms with E-state index in [4.69, 9.17) is 0 Å². The van der Waals surface area contributed by atoms with E-state index >= 15 is 0 Å². The first kappa shape index (κ1) is 10.7. The van der Waals surface area contributed by atoms with Gasteiger partial charge in [0, 0.05) is 13.1 Å². The van der Waals surface area contributed by atoms with Gasteiger partial charge < -0.3 is 10.4 Å². The summed E-state index contributed by atoms with van der Waals surface area (Å²) in [5.41, 5.74) is 0. The minimum Gasteiger partial charge on any atom is -0.393 e. The first-order valence-corrected chi connectivity index (χ1v) is 5.34. The Morgan fingerprint density at radius 1 is 1.38 bits per heavy atom. The van der Waals surface area contributed by atoms with E-state index in [2.05, 4.69) is 11.4 Å². The normalized spacial score (nSPS) is 29.7. The van der Waals surface area contributed by atoms with Crippen LogP contribution in [0.3, 0.4) is 0 Å². The molecular formula is C11H21NO. The number of hydrogen-bond acceptors (Lipinski definition) is 2. The number of allylic oxidation sites excluding steroid dienone is 1. The zero-order valence-electron chi connectivity index (χ0n) is 8.50. The summed E-state index contributed by atoms with van der Waals surface area (Å²) >= 11 is 0. The Morgan fingerprint density at radius 3 is 2.85 bits per heavy atom. The highest BCUT2D eigenvalue weighted by molar-refractivity contribution is 4.81. The van der Waals surface area contributed by atoms with Crippen LogP contribution in [0.4, 0.5) is 0 Å². The van der Waals surface area contributed by atoms with Gasteiger partial charge in [-0.2, -0.15) is 0 Å². The molecule has 0 aromatic rings. The van der Waals surface area contributed by atoms with Gasteiger partial charge in [0.05, 0.1) is 6.10 Å². The Kier molecular flexibility index (Phi) is 5.09. The maximum atomic E-state index is 9.67. The van der Waals surface area contributed by atoms with Crippen molar-refractivity contribution in [2.75, 3.05) is 13.1 Å². The molecule has 2 unspecified atom stereocenters. The zero-order chi connectivity index (χ0) is 9.52. The molecule has 0 radical (unpaired) electrons. The molecule has 0 aliphatic heterocycles. The van der Waals surface area contributed by atoms with Crippen LogP contribution in [0.2, 0.25) is 0 Å². The number of aliphatic hydroxyl groups is 1. The van der Waals surface area contributed by atoms with Gasteiger partial charge in [0.15, 0.2) is 0 Å². The maximum Gasteiger partial charge on any atom is 0.0580 e. The molecule has 2 atom stereocenters. The van der Waals surface area contributed by atoms with E-state index in [-0.39, 0.29) is 6.10 Å². The van der Waals surface area contributed by atoms with Gasteiger partial charge in [-0.25, -0.2) is 0 Å². The summed E-state index contributed by atoms with van der Waals surface area (Å²) in [6, 6.07) is 0. The minimum absolute atomic E-state index is 0.0631. The Bertz CT molecular complexity index is 156. The zero-order valence-corrected chi connectivity index (χ0v) is 8.50. The third kappa shape index (κ3) is 3.92. The van der Waals surface area contributed by atoms with Crippen LogP contribution in [0, 0.1) is 5.92 Å². The molecule has 0 saturated heterocycles. The monoisotopic (exact) mass is 183 g/mol. The molecule has 2 nitrogen and oxygen atoms in total. The van der Waals surface area contributed by atoms with E-state index in [9.17, 15) is 5.11 Å². The summed E-state index contributed by atoms with van der Waals surface area (Å²) in [5.74, 6) is 0.485. The van der Waals surface area contributed by atoms with Crippen LogP contribution in [0.1, 0.15) is 32.6 Å². The van der Waals surface area contributed by atoms with Crippen LogP contribution in [0.5, 0.6) is 0 Å². The summed E-state index contributed by atoms with van der Waals surface area (Å²) in [4.78, 5) is 0. The van der Waals surface area contributed by atoms with Crippen molar-refractivity contribution in [2.45, 2.75) is 38.7 Å². The van der Waals surface area contributed by atoms with E-state index in [0.29, 0.717) is 5.92 Å². The molecule has 76 valence electrons. The minimum atomic E-state index is -0.0631. The Labute approximate surface area is 81.0 Å². The summed E-state index contributed by atoms with van der Waals surface area (Å²) in [6.07, 6.45) is 8.76. The average Bonchev–Trinajstić information content (AvgIpc) is 2.15. The van der Waals surface area contributed by atoms with Gasteiger partial charge in [-0.15, -0.1) is 0 Å². The molecule has 2 N–H and O–H groups in total. The second-order valence-electron chi connectivity index (χ2n) is 3.84. The van der Waals surface area contributed by atoms with Crippen molar-refractivity contribution in [3.05, 3.63) is 12.2 Å². The van der Waals surface area contributed by atoms with Gasteiger partial charge >= 0.3 is 0 Å². The largest absolute Gasteiger partial charge is 0.393 e. The fourth-order valence-electron chi connectivity index (χ4n) is 1.90. The molecule has 2 heteroatoms. The fourth-order valence-corrected chi connectivity index (χ4v) is 1.90. The van der Waals surface area contributed by atoms with E-state index in [1.165, 1.54) is 19.3 Å². The maximum absolute atomic E-state index is 9.67. The van der Waals surface area contributed by atoms with Crippen molar-refractivity contribution in [1.82, 2.24) is 5.32 Å². The first-order valence-electron chi connectivity index (χ1n) is 5.34. The molecule has 1 aliphatic rings. The van der Waals surface area contributed by atoms with Gasteiger partial charge in [-0.1, -0.05) is 25.0 Å². The van der Waals surface area contributed by atoms with Crippen molar-refractivity contribution in [3.8, 4) is 0 Å². The molecule has 0 bridgehead atoms. The van der Waals surface area contributed by atoms with Crippen LogP contribution in [0.25, 0.3) is 0 Å². The third-order valence-electron chi connectivity index (χ3n) is 2.77. The smallest absolute Gasteiger partial charge is 0.0580 e. The predicted molar refractivity (Wildman–Crippen MR) is 55.6 cm³/mol. The molecule has 1 saturated carbocycles. The van der Waals surface area contributed by atoms with E-state index < -0.39 is 0 Å². The highest BCUT2D eigenvalue weighted by atomic mass is 16.3. The van der Waals surface area contributed by atoms with Crippen molar-refractivity contribution in [3.63, 3.8) is 0 Å². The van der Waals surface area contributed by atoms with Gasteiger partial charge in [-0.3, -0.25) is 0 Å². The lowest BCUT2D eigenvalue weighted by Crippen LogP contribution is -2.33. The van der Waals surface area contributed by atoms with E-state index in [1.807, 2.05) is 13.0 Å². The summed E-state index contributed by atoms with van der Waals surface area (Å²) in [6.45, 7) is 3.92. The average molecular weight is 183 g/mol. The van der Waals surface area contributed by atoms with Gasteiger partial charge in [0.25, 0.3) is 0 Å². The SMILES string of the molecule is C/C=C/CNCC1CCCCC1O. The molecule has 1 rings (SSSR count). The lowest BCUT2D eigenvalue weighted by atomic mass is 9.86. The second kappa shape index (κ2) is 6.17.